The average molecular weight is 362 g/mol. The molecule has 140 valence electrons. The Hall–Kier alpha value is -2.92. The van der Waals surface area contributed by atoms with Crippen molar-refractivity contribution in [3.05, 3.63) is 78.0 Å². The molecule has 0 saturated heterocycles. The van der Waals surface area contributed by atoms with Crippen LogP contribution in [0.25, 0.3) is 0 Å². The number of aryl methyl sites for hydroxylation is 1. The van der Waals surface area contributed by atoms with Crippen LogP contribution >= 0.6 is 0 Å². The van der Waals surface area contributed by atoms with Crippen LogP contribution in [-0.2, 0) is 11.3 Å². The number of hydrogen-bond acceptors (Lipinski definition) is 5. The van der Waals surface area contributed by atoms with E-state index in [9.17, 15) is 0 Å². The van der Waals surface area contributed by atoms with Crippen molar-refractivity contribution in [3.63, 3.8) is 0 Å². The highest BCUT2D eigenvalue weighted by atomic mass is 16.5. The SMILES string of the molecule is COCCCNc1nc(C)cc(N(Cc2ccccc2)c2ccccc2)n1. The Bertz CT molecular complexity index is 824. The Morgan fingerprint density at radius 2 is 1.67 bits per heavy atom. The molecule has 0 unspecified atom stereocenters. The van der Waals surface area contributed by atoms with E-state index < -0.39 is 0 Å². The summed E-state index contributed by atoms with van der Waals surface area (Å²) < 4.78 is 5.10. The highest BCUT2D eigenvalue weighted by Gasteiger charge is 2.13. The number of para-hydroxylation sites is 1. The molecule has 0 fully saturated rings. The van der Waals surface area contributed by atoms with E-state index in [0.29, 0.717) is 5.95 Å². The molecule has 0 aliphatic rings. The third kappa shape index (κ3) is 5.53. The largest absolute Gasteiger partial charge is 0.385 e. The van der Waals surface area contributed by atoms with Gasteiger partial charge in [0.25, 0.3) is 0 Å². The maximum Gasteiger partial charge on any atom is 0.224 e. The van der Waals surface area contributed by atoms with Crippen LogP contribution in [0.15, 0.2) is 66.7 Å². The third-order valence-electron chi connectivity index (χ3n) is 4.18. The molecule has 3 rings (SSSR count). The van der Waals surface area contributed by atoms with Crippen molar-refractivity contribution in [1.29, 1.82) is 0 Å². The Kier molecular flexibility index (Phi) is 6.77. The fourth-order valence-electron chi connectivity index (χ4n) is 2.86. The van der Waals surface area contributed by atoms with Gasteiger partial charge in [0.1, 0.15) is 5.82 Å². The van der Waals surface area contributed by atoms with Crippen molar-refractivity contribution in [2.45, 2.75) is 19.9 Å². The van der Waals surface area contributed by atoms with Crippen LogP contribution in [0.2, 0.25) is 0 Å². The summed E-state index contributed by atoms with van der Waals surface area (Å²) >= 11 is 0. The van der Waals surface area contributed by atoms with Gasteiger partial charge in [0.15, 0.2) is 0 Å². The zero-order valence-corrected chi connectivity index (χ0v) is 15.9. The van der Waals surface area contributed by atoms with Crippen molar-refractivity contribution >= 4 is 17.5 Å². The minimum Gasteiger partial charge on any atom is -0.385 e. The van der Waals surface area contributed by atoms with E-state index in [0.717, 1.165) is 43.3 Å². The molecule has 0 radical (unpaired) electrons. The van der Waals surface area contributed by atoms with Gasteiger partial charge in [0.2, 0.25) is 5.95 Å². The molecular formula is C22H26N4O. The average Bonchev–Trinajstić information content (AvgIpc) is 2.70. The molecule has 3 aromatic rings. The number of methoxy groups -OCH3 is 1. The summed E-state index contributed by atoms with van der Waals surface area (Å²) in [6.07, 6.45) is 0.912. The zero-order valence-electron chi connectivity index (χ0n) is 15.9. The van der Waals surface area contributed by atoms with Gasteiger partial charge in [0.05, 0.1) is 0 Å². The highest BCUT2D eigenvalue weighted by molar-refractivity contribution is 5.61. The second kappa shape index (κ2) is 9.69. The van der Waals surface area contributed by atoms with Crippen LogP contribution in [0.5, 0.6) is 0 Å². The number of nitrogens with one attached hydrogen (secondary N) is 1. The minimum absolute atomic E-state index is 0.648. The highest BCUT2D eigenvalue weighted by Crippen LogP contribution is 2.27. The van der Waals surface area contributed by atoms with Gasteiger partial charge in [-0.25, -0.2) is 4.98 Å². The smallest absolute Gasteiger partial charge is 0.224 e. The Morgan fingerprint density at radius 1 is 0.963 bits per heavy atom. The second-order valence-corrected chi connectivity index (χ2v) is 6.37. The van der Waals surface area contributed by atoms with E-state index in [-0.39, 0.29) is 0 Å². The number of hydrogen-bond donors (Lipinski definition) is 1. The van der Waals surface area contributed by atoms with Crippen molar-refractivity contribution < 1.29 is 4.74 Å². The first-order valence-corrected chi connectivity index (χ1v) is 9.21. The molecule has 0 spiro atoms. The first-order valence-electron chi connectivity index (χ1n) is 9.21. The third-order valence-corrected chi connectivity index (χ3v) is 4.18. The monoisotopic (exact) mass is 362 g/mol. The van der Waals surface area contributed by atoms with E-state index in [1.807, 2.05) is 37.3 Å². The molecule has 5 nitrogen and oxygen atoms in total. The number of anilines is 3. The van der Waals surface area contributed by atoms with Crippen LogP contribution < -0.4 is 10.2 Å². The number of benzene rings is 2. The molecule has 5 heteroatoms. The molecule has 0 aliphatic carbocycles. The first-order chi connectivity index (χ1) is 13.3. The predicted molar refractivity (Wildman–Crippen MR) is 110 cm³/mol. The topological polar surface area (TPSA) is 50.3 Å². The lowest BCUT2D eigenvalue weighted by molar-refractivity contribution is 0.197. The number of rotatable bonds is 9. The van der Waals surface area contributed by atoms with Crippen LogP contribution in [0, 0.1) is 6.92 Å². The van der Waals surface area contributed by atoms with Gasteiger partial charge < -0.3 is 15.0 Å². The van der Waals surface area contributed by atoms with Crippen molar-refractivity contribution in [1.82, 2.24) is 9.97 Å². The molecule has 1 aromatic heterocycles. The van der Waals surface area contributed by atoms with Gasteiger partial charge in [-0.05, 0) is 31.0 Å². The first kappa shape index (κ1) is 18.9. The summed E-state index contributed by atoms with van der Waals surface area (Å²) in [5, 5.41) is 3.30. The molecule has 0 bridgehead atoms. The second-order valence-electron chi connectivity index (χ2n) is 6.37. The minimum atomic E-state index is 0.648. The van der Waals surface area contributed by atoms with Crippen LogP contribution in [0.4, 0.5) is 17.5 Å². The van der Waals surface area contributed by atoms with Gasteiger partial charge in [-0.15, -0.1) is 0 Å². The van der Waals surface area contributed by atoms with Crippen molar-refractivity contribution in [2.24, 2.45) is 0 Å². The van der Waals surface area contributed by atoms with E-state index in [1.165, 1.54) is 5.56 Å². The quantitative estimate of drug-likeness (QED) is 0.565. The Balaban J connectivity index is 1.88. The van der Waals surface area contributed by atoms with Crippen molar-refractivity contribution in [2.75, 3.05) is 30.5 Å². The summed E-state index contributed by atoms with van der Waals surface area (Å²) in [5.74, 6) is 1.53. The maximum atomic E-state index is 5.10. The van der Waals surface area contributed by atoms with E-state index in [1.54, 1.807) is 7.11 Å². The molecule has 27 heavy (non-hydrogen) atoms. The molecule has 1 heterocycles. The van der Waals surface area contributed by atoms with Gasteiger partial charge in [0, 0.05) is 44.3 Å². The Morgan fingerprint density at radius 3 is 2.37 bits per heavy atom. The lowest BCUT2D eigenvalue weighted by Gasteiger charge is -2.25. The lowest BCUT2D eigenvalue weighted by Crippen LogP contribution is -2.19. The molecular weight excluding hydrogens is 336 g/mol. The van der Waals surface area contributed by atoms with E-state index in [4.69, 9.17) is 9.72 Å². The molecule has 0 aliphatic heterocycles. The van der Waals surface area contributed by atoms with Crippen LogP contribution in [0.3, 0.4) is 0 Å². The van der Waals surface area contributed by atoms with Gasteiger partial charge in [-0.1, -0.05) is 48.5 Å². The van der Waals surface area contributed by atoms with E-state index in [2.05, 4.69) is 51.6 Å². The summed E-state index contributed by atoms with van der Waals surface area (Å²) in [6, 6.07) is 22.8. The fourth-order valence-corrected chi connectivity index (χ4v) is 2.86. The summed E-state index contributed by atoms with van der Waals surface area (Å²) in [5.41, 5.74) is 3.26. The molecule has 0 atom stereocenters. The molecule has 0 amide bonds. The van der Waals surface area contributed by atoms with E-state index >= 15 is 0 Å². The normalized spacial score (nSPS) is 10.6. The predicted octanol–water partition coefficient (Wildman–Crippen LogP) is 4.57. The molecule has 2 aromatic carbocycles. The van der Waals surface area contributed by atoms with Gasteiger partial charge in [-0.3, -0.25) is 0 Å². The number of ether oxygens (including phenoxy) is 1. The van der Waals surface area contributed by atoms with Gasteiger partial charge in [-0.2, -0.15) is 4.98 Å². The number of nitrogens with zero attached hydrogens (tertiary/aromatic N) is 3. The summed E-state index contributed by atoms with van der Waals surface area (Å²) in [4.78, 5) is 11.5. The Labute approximate surface area is 161 Å². The van der Waals surface area contributed by atoms with Gasteiger partial charge >= 0.3 is 0 Å². The standard InChI is InChI=1S/C22H26N4O/c1-18-16-21(25-22(24-18)23-14-9-15-27-2)26(20-12-7-4-8-13-20)17-19-10-5-3-6-11-19/h3-8,10-13,16H,9,14-15,17H2,1-2H3,(H,23,24,25). The molecule has 1 N–H and O–H groups in total. The maximum absolute atomic E-state index is 5.10. The van der Waals surface area contributed by atoms with Crippen LogP contribution in [-0.4, -0.2) is 30.2 Å². The fraction of sp³-hybridized carbons (Fsp3) is 0.273. The van der Waals surface area contributed by atoms with Crippen LogP contribution in [0.1, 0.15) is 17.7 Å². The summed E-state index contributed by atoms with van der Waals surface area (Å²) in [6.45, 7) is 4.23. The number of aromatic nitrogens is 2. The lowest BCUT2D eigenvalue weighted by atomic mass is 10.2. The van der Waals surface area contributed by atoms with Crippen molar-refractivity contribution in [3.8, 4) is 0 Å². The molecule has 0 saturated carbocycles. The zero-order chi connectivity index (χ0) is 18.9. The summed E-state index contributed by atoms with van der Waals surface area (Å²) in [7, 11) is 1.71.